The first kappa shape index (κ1) is 13.4. The van der Waals surface area contributed by atoms with Gasteiger partial charge in [0.25, 0.3) is 0 Å². The zero-order chi connectivity index (χ0) is 8.15. The molecular formula is C4H10ClNO4P+. The fraction of sp³-hybridized carbons (Fsp3) is 0.750. The van der Waals surface area contributed by atoms with Gasteiger partial charge in [-0.05, 0) is 11.5 Å². The molecule has 11 heavy (non-hydrogen) atoms. The second-order valence-electron chi connectivity index (χ2n) is 1.65. The Kier molecular flexibility index (Phi) is 7.89. The molecule has 7 heteroatoms. The molecule has 0 aliphatic carbocycles. The molecule has 0 radical (unpaired) electrons. The maximum absolute atomic E-state index is 10.5. The first-order valence-electron chi connectivity index (χ1n) is 2.58. The Morgan fingerprint density at radius 2 is 2.18 bits per heavy atom. The minimum atomic E-state index is -2.48. The van der Waals surface area contributed by atoms with Crippen LogP contribution < -0.4 is 5.09 Å². The van der Waals surface area contributed by atoms with Gasteiger partial charge < -0.3 is 4.74 Å². The van der Waals surface area contributed by atoms with E-state index in [1.165, 1.54) is 14.0 Å². The van der Waals surface area contributed by atoms with E-state index in [0.717, 1.165) is 0 Å². The minimum Gasteiger partial charge on any atom is -0.468 e. The summed E-state index contributed by atoms with van der Waals surface area (Å²) in [6, 6.07) is -0.737. The van der Waals surface area contributed by atoms with Crippen LogP contribution in [0.1, 0.15) is 6.92 Å². The SMILES string of the molecule is COC(=O)C(C)N[P+](=O)O.Cl. The summed E-state index contributed by atoms with van der Waals surface area (Å²) in [5.74, 6) is -0.558. The number of esters is 1. The normalized spacial score (nSPS) is 12.8. The summed E-state index contributed by atoms with van der Waals surface area (Å²) in [6.45, 7) is 1.44. The van der Waals surface area contributed by atoms with E-state index in [2.05, 4.69) is 9.82 Å². The molecule has 0 aromatic heterocycles. The number of ether oxygens (including phenoxy) is 1. The van der Waals surface area contributed by atoms with Crippen LogP contribution in [0.15, 0.2) is 0 Å². The van der Waals surface area contributed by atoms with Crippen LogP contribution in [0, 0.1) is 0 Å². The summed E-state index contributed by atoms with van der Waals surface area (Å²) in [6.07, 6.45) is 0. The van der Waals surface area contributed by atoms with Crippen LogP contribution in [0.5, 0.6) is 0 Å². The quantitative estimate of drug-likeness (QED) is 0.505. The van der Waals surface area contributed by atoms with E-state index in [1.54, 1.807) is 0 Å². The van der Waals surface area contributed by atoms with Gasteiger partial charge in [-0.1, -0.05) is 5.09 Å². The van der Waals surface area contributed by atoms with Gasteiger partial charge in [-0.3, -0.25) is 4.79 Å². The molecule has 0 saturated carbocycles. The second kappa shape index (κ2) is 6.49. The fourth-order valence-electron chi connectivity index (χ4n) is 0.395. The smallest absolute Gasteiger partial charge is 0.468 e. The molecule has 0 fully saturated rings. The average molecular weight is 203 g/mol. The van der Waals surface area contributed by atoms with Crippen molar-refractivity contribution in [2.24, 2.45) is 0 Å². The number of rotatable bonds is 3. The van der Waals surface area contributed by atoms with Gasteiger partial charge in [-0.15, -0.1) is 17.3 Å². The van der Waals surface area contributed by atoms with Crippen LogP contribution in [-0.2, 0) is 14.1 Å². The van der Waals surface area contributed by atoms with Gasteiger partial charge >= 0.3 is 14.1 Å². The van der Waals surface area contributed by atoms with Crippen LogP contribution in [0.2, 0.25) is 0 Å². The maximum Gasteiger partial charge on any atom is 0.611 e. The highest BCUT2D eigenvalue weighted by atomic mass is 35.5. The molecular weight excluding hydrogens is 192 g/mol. The van der Waals surface area contributed by atoms with E-state index in [4.69, 9.17) is 4.89 Å². The summed E-state index contributed by atoms with van der Waals surface area (Å²) in [7, 11) is -1.27. The number of carbonyl (C=O) groups excluding carboxylic acids is 1. The first-order valence-corrected chi connectivity index (χ1v) is 3.79. The van der Waals surface area contributed by atoms with Crippen LogP contribution in [0.3, 0.4) is 0 Å². The summed E-state index contributed by atoms with van der Waals surface area (Å²) in [5, 5.41) is 2.08. The lowest BCUT2D eigenvalue weighted by Gasteiger charge is -2.00. The molecule has 0 aromatic carbocycles. The molecule has 0 spiro atoms. The lowest BCUT2D eigenvalue weighted by atomic mass is 10.4. The van der Waals surface area contributed by atoms with Crippen molar-refractivity contribution in [3.05, 3.63) is 0 Å². The molecule has 2 unspecified atom stereocenters. The van der Waals surface area contributed by atoms with Crippen molar-refractivity contribution >= 4 is 26.6 Å². The Bertz CT molecular complexity index is 153. The highest BCUT2D eigenvalue weighted by Crippen LogP contribution is 2.06. The van der Waals surface area contributed by atoms with Crippen LogP contribution in [-0.4, -0.2) is 24.0 Å². The molecule has 0 amide bonds. The number of carbonyl (C=O) groups is 1. The van der Waals surface area contributed by atoms with Crippen LogP contribution in [0.4, 0.5) is 0 Å². The lowest BCUT2D eigenvalue weighted by Crippen LogP contribution is -2.29. The summed E-state index contributed by atoms with van der Waals surface area (Å²) >= 11 is 0. The highest BCUT2D eigenvalue weighted by Gasteiger charge is 2.22. The number of hydrogen-bond acceptors (Lipinski definition) is 3. The first-order chi connectivity index (χ1) is 4.57. The second-order valence-corrected chi connectivity index (χ2v) is 2.45. The summed E-state index contributed by atoms with van der Waals surface area (Å²) in [5.41, 5.74) is 0. The van der Waals surface area contributed by atoms with Gasteiger partial charge in [0.15, 0.2) is 0 Å². The molecule has 0 aliphatic rings. The molecule has 5 nitrogen and oxygen atoms in total. The minimum absolute atomic E-state index is 0. The van der Waals surface area contributed by atoms with Crippen molar-refractivity contribution in [1.29, 1.82) is 0 Å². The predicted octanol–water partition coefficient (Wildman–Crippen LogP) is 0.209. The van der Waals surface area contributed by atoms with Crippen LogP contribution in [0.25, 0.3) is 0 Å². The Balaban J connectivity index is 0. The van der Waals surface area contributed by atoms with E-state index in [1.807, 2.05) is 0 Å². The molecule has 2 N–H and O–H groups in total. The van der Waals surface area contributed by atoms with Crippen molar-refractivity contribution in [2.45, 2.75) is 13.0 Å². The Labute approximate surface area is 71.5 Å². The monoisotopic (exact) mass is 202 g/mol. The van der Waals surface area contributed by atoms with Crippen molar-refractivity contribution in [2.75, 3.05) is 7.11 Å². The van der Waals surface area contributed by atoms with Crippen molar-refractivity contribution in [1.82, 2.24) is 5.09 Å². The number of methoxy groups -OCH3 is 1. The fourth-order valence-corrected chi connectivity index (χ4v) is 0.832. The molecule has 0 aromatic rings. The molecule has 0 heterocycles. The zero-order valence-corrected chi connectivity index (χ0v) is 7.82. The van der Waals surface area contributed by atoms with Gasteiger partial charge in [-0.2, -0.15) is 0 Å². The molecule has 0 saturated heterocycles. The Morgan fingerprint density at radius 1 is 1.73 bits per heavy atom. The van der Waals surface area contributed by atoms with E-state index in [0.29, 0.717) is 0 Å². The largest absolute Gasteiger partial charge is 0.611 e. The van der Waals surface area contributed by atoms with Crippen molar-refractivity contribution < 1.29 is 19.0 Å². The molecule has 0 aliphatic heterocycles. The van der Waals surface area contributed by atoms with Gasteiger partial charge in [0.05, 0.1) is 7.11 Å². The van der Waals surface area contributed by atoms with Crippen LogP contribution >= 0.6 is 20.6 Å². The van der Waals surface area contributed by atoms with Gasteiger partial charge in [0.1, 0.15) is 6.04 Å². The van der Waals surface area contributed by atoms with E-state index < -0.39 is 20.2 Å². The number of hydrogen-bond donors (Lipinski definition) is 2. The number of halogens is 1. The predicted molar refractivity (Wildman–Crippen MR) is 41.7 cm³/mol. The van der Waals surface area contributed by atoms with Gasteiger partial charge in [0, 0.05) is 0 Å². The molecule has 2 atom stereocenters. The third-order valence-electron chi connectivity index (χ3n) is 0.859. The Hall–Kier alpha value is -0.220. The van der Waals surface area contributed by atoms with Gasteiger partial charge in [0.2, 0.25) is 0 Å². The lowest BCUT2D eigenvalue weighted by molar-refractivity contribution is -0.142. The highest BCUT2D eigenvalue weighted by molar-refractivity contribution is 7.35. The van der Waals surface area contributed by atoms with E-state index in [-0.39, 0.29) is 12.4 Å². The zero-order valence-electron chi connectivity index (χ0n) is 6.10. The van der Waals surface area contributed by atoms with Crippen molar-refractivity contribution in [3.8, 4) is 0 Å². The Morgan fingerprint density at radius 3 is 2.45 bits per heavy atom. The molecule has 66 valence electrons. The van der Waals surface area contributed by atoms with E-state index >= 15 is 0 Å². The molecule has 0 bridgehead atoms. The topological polar surface area (TPSA) is 75.6 Å². The summed E-state index contributed by atoms with van der Waals surface area (Å²) in [4.78, 5) is 18.8. The number of nitrogens with one attached hydrogen (secondary N) is 1. The van der Waals surface area contributed by atoms with Crippen molar-refractivity contribution in [3.63, 3.8) is 0 Å². The standard InChI is InChI=1S/C4H8NO4P.ClH/c1-3(4(6)9-2)5-10(7)8;/h3H,1-2H3,(H-,5,7,8);1H/p+1. The maximum atomic E-state index is 10.5. The third-order valence-corrected chi connectivity index (χ3v) is 1.47. The summed E-state index contributed by atoms with van der Waals surface area (Å²) < 4.78 is 14.3. The van der Waals surface area contributed by atoms with E-state index in [9.17, 15) is 9.36 Å². The average Bonchev–Trinajstić information content (AvgIpc) is 1.85. The third kappa shape index (κ3) is 6.19. The molecule has 0 rings (SSSR count). The van der Waals surface area contributed by atoms with Gasteiger partial charge in [-0.25, -0.2) is 0 Å².